The summed E-state index contributed by atoms with van der Waals surface area (Å²) in [5, 5.41) is 12.0. The zero-order valence-corrected chi connectivity index (χ0v) is 17.6. The topological polar surface area (TPSA) is 132 Å². The van der Waals surface area contributed by atoms with Gasteiger partial charge >= 0.3 is 18.0 Å². The first-order valence-corrected chi connectivity index (χ1v) is 9.59. The lowest BCUT2D eigenvalue weighted by molar-refractivity contribution is -0.144. The summed E-state index contributed by atoms with van der Waals surface area (Å²) in [6.45, 7) is 3.55. The van der Waals surface area contributed by atoms with Crippen molar-refractivity contribution >= 4 is 23.7 Å². The van der Waals surface area contributed by atoms with Crippen LogP contribution >= 0.6 is 0 Å². The van der Waals surface area contributed by atoms with Crippen molar-refractivity contribution in [1.29, 1.82) is 0 Å². The second-order valence-corrected chi connectivity index (χ2v) is 6.91. The van der Waals surface area contributed by atoms with E-state index in [2.05, 4.69) is 26.4 Å². The van der Waals surface area contributed by atoms with E-state index in [0.29, 0.717) is 5.69 Å². The van der Waals surface area contributed by atoms with Gasteiger partial charge in [-0.15, -0.1) is 5.53 Å². The quantitative estimate of drug-likeness (QED) is 0.247. The van der Waals surface area contributed by atoms with Gasteiger partial charge in [-0.3, -0.25) is 10.2 Å². The molecule has 0 heterocycles. The van der Waals surface area contributed by atoms with Crippen molar-refractivity contribution in [3.63, 3.8) is 0 Å². The van der Waals surface area contributed by atoms with Gasteiger partial charge in [-0.05, 0) is 36.8 Å². The second-order valence-electron chi connectivity index (χ2n) is 6.91. The van der Waals surface area contributed by atoms with Crippen LogP contribution in [0.5, 0.6) is 5.75 Å². The van der Waals surface area contributed by atoms with Gasteiger partial charge in [0.2, 0.25) is 0 Å². The number of hydrogen-bond donors (Lipinski definition) is 5. The standard InChI is InChI=1S/C21H27N5O5/c1-14-4-6-16(7-5-14)12-22-20(29)26(13-15(2)19(28)31-3)21(30)24-25-23-17-8-10-18(27)11-9-17/h4-11,15,23,25,27H,12-13H2,1-3H3,(H,22,29)(H,24,30)/t15-/m0/s1. The SMILES string of the molecule is COC(=O)[C@@H](C)CN(C(=O)NCc1ccc(C)cc1)C(=O)NNNc1ccc(O)cc1. The highest BCUT2D eigenvalue weighted by atomic mass is 16.5. The van der Waals surface area contributed by atoms with Crippen LogP contribution < -0.4 is 21.7 Å². The zero-order chi connectivity index (χ0) is 22.8. The first kappa shape index (κ1) is 23.5. The maximum Gasteiger partial charge on any atom is 0.341 e. The number of hydrazine groups is 2. The fourth-order valence-electron chi connectivity index (χ4n) is 2.56. The summed E-state index contributed by atoms with van der Waals surface area (Å²) in [6.07, 6.45) is 0. The number of ether oxygens (including phenoxy) is 1. The Morgan fingerprint density at radius 1 is 1.03 bits per heavy atom. The number of aromatic hydroxyl groups is 1. The van der Waals surface area contributed by atoms with E-state index < -0.39 is 23.9 Å². The van der Waals surface area contributed by atoms with E-state index in [-0.39, 0.29) is 18.8 Å². The van der Waals surface area contributed by atoms with Crippen LogP contribution in [0.25, 0.3) is 0 Å². The van der Waals surface area contributed by atoms with Crippen molar-refractivity contribution in [2.75, 3.05) is 19.1 Å². The van der Waals surface area contributed by atoms with Crippen LogP contribution in [-0.4, -0.2) is 41.7 Å². The number of carbonyl (C=O) groups excluding carboxylic acids is 3. The Bertz CT molecular complexity index is 886. The molecule has 0 fully saturated rings. The van der Waals surface area contributed by atoms with Crippen molar-refractivity contribution in [2.45, 2.75) is 20.4 Å². The molecule has 1 atom stereocenters. The molecule has 4 amide bonds. The summed E-state index contributed by atoms with van der Waals surface area (Å²) in [6, 6.07) is 12.3. The number of urea groups is 2. The molecule has 0 bridgehead atoms. The number of phenols is 1. The third kappa shape index (κ3) is 7.52. The van der Waals surface area contributed by atoms with Crippen LogP contribution in [0.2, 0.25) is 0 Å². The predicted octanol–water partition coefficient (Wildman–Crippen LogP) is 2.26. The minimum Gasteiger partial charge on any atom is -0.508 e. The maximum absolute atomic E-state index is 12.7. The van der Waals surface area contributed by atoms with Gasteiger partial charge in [0.25, 0.3) is 0 Å². The molecule has 0 spiro atoms. The van der Waals surface area contributed by atoms with Gasteiger partial charge in [0.1, 0.15) is 5.75 Å². The molecule has 0 aliphatic rings. The van der Waals surface area contributed by atoms with E-state index in [9.17, 15) is 19.5 Å². The molecule has 0 aliphatic heterocycles. The molecule has 0 saturated carbocycles. The lowest BCUT2D eigenvalue weighted by atomic mass is 10.1. The number of aryl methyl sites for hydroxylation is 1. The molecule has 0 radical (unpaired) electrons. The molecular weight excluding hydrogens is 402 g/mol. The normalized spacial score (nSPS) is 11.2. The molecule has 10 nitrogen and oxygen atoms in total. The number of nitrogens with zero attached hydrogens (tertiary/aromatic N) is 1. The van der Waals surface area contributed by atoms with E-state index in [1.165, 1.54) is 19.2 Å². The summed E-state index contributed by atoms with van der Waals surface area (Å²) in [7, 11) is 1.24. The van der Waals surface area contributed by atoms with Gasteiger partial charge in [0.15, 0.2) is 0 Å². The molecule has 31 heavy (non-hydrogen) atoms. The lowest BCUT2D eigenvalue weighted by Crippen LogP contribution is -2.54. The average molecular weight is 429 g/mol. The Labute approximate surface area is 180 Å². The van der Waals surface area contributed by atoms with Gasteiger partial charge in [-0.2, -0.15) is 0 Å². The number of esters is 1. The lowest BCUT2D eigenvalue weighted by Gasteiger charge is -2.24. The summed E-state index contributed by atoms with van der Waals surface area (Å²) in [4.78, 5) is 37.9. The van der Waals surface area contributed by atoms with E-state index in [1.807, 2.05) is 31.2 Å². The van der Waals surface area contributed by atoms with Gasteiger partial charge in [0.05, 0.1) is 18.7 Å². The zero-order valence-electron chi connectivity index (χ0n) is 17.6. The first-order chi connectivity index (χ1) is 14.8. The number of benzene rings is 2. The smallest absolute Gasteiger partial charge is 0.341 e. The van der Waals surface area contributed by atoms with E-state index >= 15 is 0 Å². The largest absolute Gasteiger partial charge is 0.508 e. The van der Waals surface area contributed by atoms with Crippen LogP contribution in [0.15, 0.2) is 48.5 Å². The summed E-state index contributed by atoms with van der Waals surface area (Å²) < 4.78 is 4.68. The minimum atomic E-state index is -0.775. The van der Waals surface area contributed by atoms with Crippen LogP contribution in [0.4, 0.5) is 15.3 Å². The third-order valence-corrected chi connectivity index (χ3v) is 4.36. The Balaban J connectivity index is 1.98. The van der Waals surface area contributed by atoms with Crippen LogP contribution in [0.3, 0.4) is 0 Å². The Morgan fingerprint density at radius 2 is 1.68 bits per heavy atom. The van der Waals surface area contributed by atoms with Gasteiger partial charge in [0, 0.05) is 13.1 Å². The number of rotatable bonds is 8. The van der Waals surface area contributed by atoms with Crippen LogP contribution in [0, 0.1) is 12.8 Å². The summed E-state index contributed by atoms with van der Waals surface area (Å²) in [5.41, 5.74) is 10.1. The van der Waals surface area contributed by atoms with Crippen molar-refractivity contribution in [1.82, 2.24) is 21.2 Å². The van der Waals surface area contributed by atoms with Gasteiger partial charge < -0.3 is 20.6 Å². The molecule has 166 valence electrons. The highest BCUT2D eigenvalue weighted by Gasteiger charge is 2.26. The highest BCUT2D eigenvalue weighted by molar-refractivity contribution is 5.93. The number of phenolic OH excluding ortho intramolecular Hbond substituents is 1. The molecule has 2 aromatic carbocycles. The molecule has 0 saturated heterocycles. The number of imide groups is 1. The molecule has 2 aromatic rings. The highest BCUT2D eigenvalue weighted by Crippen LogP contribution is 2.12. The van der Waals surface area contributed by atoms with Crippen LogP contribution in [-0.2, 0) is 16.1 Å². The van der Waals surface area contributed by atoms with Gasteiger partial charge in [-0.1, -0.05) is 36.8 Å². The summed E-state index contributed by atoms with van der Waals surface area (Å²) in [5.74, 6) is -1.16. The number of methoxy groups -OCH3 is 1. The van der Waals surface area contributed by atoms with E-state index in [1.54, 1.807) is 19.1 Å². The second kappa shape index (κ2) is 11.4. The Morgan fingerprint density at radius 3 is 2.29 bits per heavy atom. The fourth-order valence-corrected chi connectivity index (χ4v) is 2.56. The average Bonchev–Trinajstić information content (AvgIpc) is 2.77. The Hall–Kier alpha value is -3.79. The Kier molecular flexibility index (Phi) is 8.64. The van der Waals surface area contributed by atoms with E-state index in [0.717, 1.165) is 16.0 Å². The number of amides is 4. The fraction of sp³-hybridized carbons (Fsp3) is 0.286. The number of hydrogen-bond acceptors (Lipinski definition) is 7. The maximum atomic E-state index is 12.7. The molecule has 5 N–H and O–H groups in total. The molecule has 2 rings (SSSR count). The number of carbonyl (C=O) groups is 3. The molecule has 0 aliphatic carbocycles. The van der Waals surface area contributed by atoms with Crippen molar-refractivity contribution in [3.8, 4) is 5.75 Å². The monoisotopic (exact) mass is 429 g/mol. The van der Waals surface area contributed by atoms with E-state index in [4.69, 9.17) is 0 Å². The summed E-state index contributed by atoms with van der Waals surface area (Å²) >= 11 is 0. The molecule has 10 heteroatoms. The minimum absolute atomic E-state index is 0.0998. The first-order valence-electron chi connectivity index (χ1n) is 9.59. The van der Waals surface area contributed by atoms with Crippen molar-refractivity contribution in [3.05, 3.63) is 59.7 Å². The van der Waals surface area contributed by atoms with Gasteiger partial charge in [-0.25, -0.2) is 14.5 Å². The third-order valence-electron chi connectivity index (χ3n) is 4.36. The number of anilines is 1. The number of nitrogens with one attached hydrogen (secondary N) is 4. The van der Waals surface area contributed by atoms with Crippen LogP contribution in [0.1, 0.15) is 18.1 Å². The van der Waals surface area contributed by atoms with Crippen molar-refractivity contribution < 1.29 is 24.2 Å². The molecular formula is C21H27N5O5. The molecule has 0 aromatic heterocycles. The predicted molar refractivity (Wildman–Crippen MR) is 115 cm³/mol. The molecule has 0 unspecified atom stereocenters. The van der Waals surface area contributed by atoms with Crippen molar-refractivity contribution in [2.24, 2.45) is 5.92 Å².